The van der Waals surface area contributed by atoms with E-state index in [4.69, 9.17) is 18.6 Å². The smallest absolute Gasteiger partial charge is 0.349 e. The Morgan fingerprint density at radius 1 is 0.955 bits per heavy atom. The van der Waals surface area contributed by atoms with E-state index in [1.807, 2.05) is 12.1 Å². The molecule has 0 fully saturated rings. The van der Waals surface area contributed by atoms with Crippen molar-refractivity contribution in [1.29, 1.82) is 0 Å². The molecular formula is C33H28N2O9. The molecule has 4 atom stereocenters. The van der Waals surface area contributed by atoms with E-state index in [-0.39, 0.29) is 37.6 Å². The topological polar surface area (TPSA) is 148 Å². The van der Waals surface area contributed by atoms with Crippen molar-refractivity contribution in [2.24, 2.45) is 0 Å². The lowest BCUT2D eigenvalue weighted by Gasteiger charge is -2.40. The number of benzene rings is 3. The second-order valence-corrected chi connectivity index (χ2v) is 10.8. The summed E-state index contributed by atoms with van der Waals surface area (Å²) < 4.78 is 22.6. The Kier molecular flexibility index (Phi) is 7.03. The summed E-state index contributed by atoms with van der Waals surface area (Å²) >= 11 is 0. The molecule has 4 aromatic rings. The van der Waals surface area contributed by atoms with Crippen molar-refractivity contribution in [2.75, 3.05) is 19.9 Å². The van der Waals surface area contributed by atoms with Crippen LogP contribution in [0.15, 0.2) is 93.7 Å². The Morgan fingerprint density at radius 3 is 2.61 bits per heavy atom. The van der Waals surface area contributed by atoms with Gasteiger partial charge in [0.15, 0.2) is 11.5 Å². The zero-order chi connectivity index (χ0) is 30.4. The first-order chi connectivity index (χ1) is 21.4. The summed E-state index contributed by atoms with van der Waals surface area (Å²) in [6, 6.07) is 19.6. The number of nitrogens with one attached hydrogen (secondary N) is 1. The lowest BCUT2D eigenvalue weighted by molar-refractivity contribution is -0.118. The average Bonchev–Trinajstić information content (AvgIpc) is 3.67. The zero-order valence-corrected chi connectivity index (χ0v) is 23.3. The Balaban J connectivity index is 1.35. The summed E-state index contributed by atoms with van der Waals surface area (Å²) in [5.74, 6) is -0.212. The molecular weight excluding hydrogens is 568 g/mol. The molecule has 1 aromatic heterocycles. The van der Waals surface area contributed by atoms with Crippen LogP contribution in [0.3, 0.4) is 0 Å². The van der Waals surface area contributed by atoms with Gasteiger partial charge >= 0.3 is 5.63 Å². The van der Waals surface area contributed by atoms with Crippen molar-refractivity contribution < 1.29 is 38.4 Å². The number of nitrogens with zero attached hydrogens (tertiary/aromatic N) is 1. The number of hydrogen-bond acceptors (Lipinski definition) is 9. The third kappa shape index (κ3) is 4.76. The molecule has 0 saturated heterocycles. The van der Waals surface area contributed by atoms with E-state index in [1.165, 1.54) is 11.0 Å². The molecule has 1 aliphatic carbocycles. The molecule has 0 saturated carbocycles. The van der Waals surface area contributed by atoms with E-state index in [0.717, 1.165) is 5.56 Å². The summed E-state index contributed by atoms with van der Waals surface area (Å²) in [6.45, 7) is -0.243. The van der Waals surface area contributed by atoms with E-state index in [1.54, 1.807) is 60.7 Å². The zero-order valence-electron chi connectivity index (χ0n) is 23.3. The highest BCUT2D eigenvalue weighted by molar-refractivity contribution is 5.98. The fourth-order valence-electron chi connectivity index (χ4n) is 6.11. The van der Waals surface area contributed by atoms with Crippen molar-refractivity contribution in [3.05, 3.63) is 112 Å². The van der Waals surface area contributed by atoms with Crippen molar-refractivity contribution >= 4 is 22.8 Å². The number of para-hydroxylation sites is 2. The molecule has 4 unspecified atom stereocenters. The van der Waals surface area contributed by atoms with Gasteiger partial charge in [0.2, 0.25) is 12.7 Å². The molecule has 3 heterocycles. The second kappa shape index (κ2) is 11.2. The standard InChI is InChI=1S/C33H28N2O9/c36-12-11-34-31(38)21-15-23(29(37)30-28(21)20-6-2-4-8-25(20)43-30)35(16-18-9-10-26-27(13-18)42-17-41-26)32(39)22-14-19-5-1-3-7-24(19)44-33(22)40/h1-10,13-15,23,28-30,36-37H,11-12,16-17H2,(H,34,38). The van der Waals surface area contributed by atoms with Gasteiger partial charge < -0.3 is 39.1 Å². The van der Waals surface area contributed by atoms with Crippen molar-refractivity contribution in [3.8, 4) is 17.2 Å². The van der Waals surface area contributed by atoms with Crippen LogP contribution in [-0.2, 0) is 11.3 Å². The van der Waals surface area contributed by atoms with E-state index in [9.17, 15) is 24.6 Å². The predicted octanol–water partition coefficient (Wildman–Crippen LogP) is 2.49. The van der Waals surface area contributed by atoms with Gasteiger partial charge in [-0.15, -0.1) is 0 Å². The first-order valence-corrected chi connectivity index (χ1v) is 14.2. The third-order valence-corrected chi connectivity index (χ3v) is 8.16. The van der Waals surface area contributed by atoms with Crippen LogP contribution in [0.1, 0.15) is 27.4 Å². The molecule has 44 heavy (non-hydrogen) atoms. The average molecular weight is 597 g/mol. The molecule has 3 aliphatic rings. The maximum Gasteiger partial charge on any atom is 0.349 e. The molecule has 11 heteroatoms. The molecule has 2 amide bonds. The minimum Gasteiger partial charge on any atom is -0.486 e. The van der Waals surface area contributed by atoms with Gasteiger partial charge in [-0.3, -0.25) is 9.59 Å². The van der Waals surface area contributed by atoms with Crippen LogP contribution in [-0.4, -0.2) is 65.1 Å². The number of fused-ring (bicyclic) bond motifs is 5. The minimum atomic E-state index is -1.28. The lowest BCUT2D eigenvalue weighted by Crippen LogP contribution is -2.55. The maximum atomic E-state index is 14.3. The number of carbonyl (C=O) groups excluding carboxylic acids is 2. The van der Waals surface area contributed by atoms with Gasteiger partial charge in [0.1, 0.15) is 29.1 Å². The van der Waals surface area contributed by atoms with Gasteiger partial charge in [-0.2, -0.15) is 0 Å². The highest BCUT2D eigenvalue weighted by Crippen LogP contribution is 2.47. The minimum absolute atomic E-state index is 0.0151. The van der Waals surface area contributed by atoms with Crippen LogP contribution < -0.4 is 25.2 Å². The van der Waals surface area contributed by atoms with Crippen molar-refractivity contribution in [1.82, 2.24) is 10.2 Å². The predicted molar refractivity (Wildman–Crippen MR) is 156 cm³/mol. The summed E-state index contributed by atoms with van der Waals surface area (Å²) in [7, 11) is 0. The molecule has 7 rings (SSSR count). The number of amides is 2. The summed E-state index contributed by atoms with van der Waals surface area (Å²) in [6.07, 6.45) is -0.637. The molecule has 3 N–H and O–H groups in total. The van der Waals surface area contributed by atoms with E-state index in [0.29, 0.717) is 33.8 Å². The summed E-state index contributed by atoms with van der Waals surface area (Å²) in [5, 5.41) is 24.5. The SMILES string of the molecule is O=C(NCCO)C1=CC(N(Cc2ccc3c(c2)OCO3)C(=O)c2cc3ccccc3oc2=O)C(O)C2Oc3ccccc3C12. The Labute approximate surface area is 250 Å². The van der Waals surface area contributed by atoms with Crippen LogP contribution >= 0.6 is 0 Å². The molecule has 3 aromatic carbocycles. The molecule has 0 spiro atoms. The van der Waals surface area contributed by atoms with Crippen molar-refractivity contribution in [3.63, 3.8) is 0 Å². The third-order valence-electron chi connectivity index (χ3n) is 8.16. The monoisotopic (exact) mass is 596 g/mol. The molecule has 0 bridgehead atoms. The van der Waals surface area contributed by atoms with Gasteiger partial charge in [0, 0.05) is 29.6 Å². The van der Waals surface area contributed by atoms with E-state index in [2.05, 4.69) is 5.32 Å². The number of aliphatic hydroxyl groups is 2. The van der Waals surface area contributed by atoms with Crippen LogP contribution in [0.4, 0.5) is 0 Å². The van der Waals surface area contributed by atoms with Crippen LogP contribution in [0.2, 0.25) is 0 Å². The number of rotatable bonds is 7. The molecule has 2 aliphatic heterocycles. The molecule has 224 valence electrons. The maximum absolute atomic E-state index is 14.3. The Morgan fingerprint density at radius 2 is 1.75 bits per heavy atom. The summed E-state index contributed by atoms with van der Waals surface area (Å²) in [5.41, 5.74) is 0.909. The Hall–Kier alpha value is -5.13. The van der Waals surface area contributed by atoms with E-state index >= 15 is 0 Å². The fourth-order valence-corrected chi connectivity index (χ4v) is 6.11. The van der Waals surface area contributed by atoms with Crippen LogP contribution in [0.5, 0.6) is 17.2 Å². The highest BCUT2D eigenvalue weighted by atomic mass is 16.7. The number of hydrogen-bond donors (Lipinski definition) is 3. The van der Waals surface area contributed by atoms with Crippen LogP contribution in [0.25, 0.3) is 11.0 Å². The van der Waals surface area contributed by atoms with Gasteiger partial charge in [-0.1, -0.05) is 42.5 Å². The van der Waals surface area contributed by atoms with Gasteiger partial charge in [-0.25, -0.2) is 4.79 Å². The quantitative estimate of drug-likeness (QED) is 0.274. The first-order valence-electron chi connectivity index (χ1n) is 14.2. The summed E-state index contributed by atoms with van der Waals surface area (Å²) in [4.78, 5) is 42.3. The number of aliphatic hydroxyl groups excluding tert-OH is 2. The normalized spacial score (nSPS) is 21.2. The Bertz CT molecular complexity index is 1870. The van der Waals surface area contributed by atoms with Crippen LogP contribution in [0, 0.1) is 0 Å². The van der Waals surface area contributed by atoms with Gasteiger partial charge in [0.05, 0.1) is 18.6 Å². The van der Waals surface area contributed by atoms with Gasteiger partial charge in [-0.05, 0) is 42.0 Å². The fraction of sp³-hybridized carbons (Fsp3) is 0.242. The van der Waals surface area contributed by atoms with Gasteiger partial charge in [0.25, 0.3) is 5.91 Å². The van der Waals surface area contributed by atoms with E-state index < -0.39 is 41.6 Å². The number of ether oxygens (including phenoxy) is 3. The first kappa shape index (κ1) is 27.7. The molecule has 0 radical (unpaired) electrons. The second-order valence-electron chi connectivity index (χ2n) is 10.8. The largest absolute Gasteiger partial charge is 0.486 e. The van der Waals surface area contributed by atoms with Crippen molar-refractivity contribution in [2.45, 2.75) is 30.7 Å². The molecule has 11 nitrogen and oxygen atoms in total. The lowest BCUT2D eigenvalue weighted by atomic mass is 9.77. The highest BCUT2D eigenvalue weighted by Gasteiger charge is 2.50. The number of carbonyl (C=O) groups is 2.